The van der Waals surface area contributed by atoms with Crippen LogP contribution in [-0.4, -0.2) is 25.5 Å². The van der Waals surface area contributed by atoms with Crippen LogP contribution in [0.1, 0.15) is 28.6 Å². The van der Waals surface area contributed by atoms with Crippen LogP contribution in [-0.2, 0) is 17.8 Å². The van der Waals surface area contributed by atoms with E-state index in [-0.39, 0.29) is 25.0 Å². The summed E-state index contributed by atoms with van der Waals surface area (Å²) in [5, 5.41) is 3.61. The second-order valence-electron chi connectivity index (χ2n) is 7.62. The summed E-state index contributed by atoms with van der Waals surface area (Å²) in [6.45, 7) is 1.93. The van der Waals surface area contributed by atoms with Crippen molar-refractivity contribution in [1.29, 1.82) is 0 Å². The third-order valence-corrected chi connectivity index (χ3v) is 5.43. The van der Waals surface area contributed by atoms with Crippen LogP contribution in [0.5, 0.6) is 5.75 Å². The van der Waals surface area contributed by atoms with E-state index in [0.29, 0.717) is 34.8 Å². The van der Waals surface area contributed by atoms with Crippen molar-refractivity contribution in [1.82, 2.24) is 5.32 Å². The van der Waals surface area contributed by atoms with E-state index in [9.17, 15) is 14.4 Å². The number of furan rings is 1. The molecule has 0 aliphatic heterocycles. The van der Waals surface area contributed by atoms with Gasteiger partial charge in [-0.3, -0.25) is 9.59 Å². The highest BCUT2D eigenvalue weighted by Gasteiger charge is 2.19. The number of aryl methyl sites for hydroxylation is 1. The van der Waals surface area contributed by atoms with Crippen molar-refractivity contribution in [2.75, 3.05) is 18.6 Å². The van der Waals surface area contributed by atoms with Crippen LogP contribution < -0.4 is 20.6 Å². The minimum atomic E-state index is -0.431. The standard InChI is InChI=1S/C26H24N2O6/c1-3-17-13-25(30)34-23-14-18(10-11-20(17)23)33-16-24(29)28(2)22-9-5-4-8-21(22)26(31)27-15-19-7-6-12-32-19/h4-14H,3,15-16H2,1-2H3,(H,27,31). The van der Waals surface area contributed by atoms with Crippen molar-refractivity contribution >= 4 is 28.5 Å². The summed E-state index contributed by atoms with van der Waals surface area (Å²) < 4.78 is 16.2. The number of hydrogen-bond donors (Lipinski definition) is 1. The molecule has 2 aromatic heterocycles. The molecule has 2 aromatic carbocycles. The SMILES string of the molecule is CCc1cc(=O)oc2cc(OCC(=O)N(C)c3ccccc3C(=O)NCc3ccco3)ccc12. The van der Waals surface area contributed by atoms with Crippen molar-refractivity contribution < 1.29 is 23.2 Å². The zero-order chi connectivity index (χ0) is 24.1. The van der Waals surface area contributed by atoms with Crippen molar-refractivity contribution in [3.63, 3.8) is 0 Å². The van der Waals surface area contributed by atoms with Gasteiger partial charge in [0.1, 0.15) is 17.1 Å². The van der Waals surface area contributed by atoms with Crippen LogP contribution in [0, 0.1) is 0 Å². The molecule has 0 saturated heterocycles. The molecule has 0 fully saturated rings. The monoisotopic (exact) mass is 460 g/mol. The van der Waals surface area contributed by atoms with E-state index in [1.807, 2.05) is 6.92 Å². The summed E-state index contributed by atoms with van der Waals surface area (Å²) in [6.07, 6.45) is 2.23. The smallest absolute Gasteiger partial charge is 0.336 e. The Balaban J connectivity index is 1.45. The molecule has 2 heterocycles. The van der Waals surface area contributed by atoms with Gasteiger partial charge in [0.05, 0.1) is 24.1 Å². The van der Waals surface area contributed by atoms with Gasteiger partial charge in [-0.15, -0.1) is 0 Å². The Morgan fingerprint density at radius 1 is 1.06 bits per heavy atom. The fourth-order valence-corrected chi connectivity index (χ4v) is 3.60. The maximum atomic E-state index is 12.8. The number of hydrogen-bond acceptors (Lipinski definition) is 6. The van der Waals surface area contributed by atoms with E-state index in [0.717, 1.165) is 10.9 Å². The van der Waals surface area contributed by atoms with E-state index in [1.165, 1.54) is 17.2 Å². The molecule has 0 aliphatic rings. The van der Waals surface area contributed by atoms with Crippen molar-refractivity contribution in [3.8, 4) is 5.75 Å². The quantitative estimate of drug-likeness (QED) is 0.400. The Morgan fingerprint density at radius 3 is 2.65 bits per heavy atom. The van der Waals surface area contributed by atoms with Gasteiger partial charge in [-0.25, -0.2) is 4.79 Å². The third kappa shape index (κ3) is 5.01. The first kappa shape index (κ1) is 22.8. The second-order valence-corrected chi connectivity index (χ2v) is 7.62. The molecule has 4 rings (SSSR count). The Bertz CT molecular complexity index is 1370. The van der Waals surface area contributed by atoms with Crippen molar-refractivity contribution in [3.05, 3.63) is 94.2 Å². The highest BCUT2D eigenvalue weighted by atomic mass is 16.5. The summed E-state index contributed by atoms with van der Waals surface area (Å²) in [6, 6.07) is 16.9. The summed E-state index contributed by atoms with van der Waals surface area (Å²) in [5.74, 6) is 0.343. The average molecular weight is 460 g/mol. The fourth-order valence-electron chi connectivity index (χ4n) is 3.60. The number of anilines is 1. The van der Waals surface area contributed by atoms with Gasteiger partial charge in [0, 0.05) is 24.6 Å². The Hall–Kier alpha value is -4.33. The first-order valence-electron chi connectivity index (χ1n) is 10.8. The molecule has 1 N–H and O–H groups in total. The lowest BCUT2D eigenvalue weighted by atomic mass is 10.1. The minimum absolute atomic E-state index is 0.235. The summed E-state index contributed by atoms with van der Waals surface area (Å²) in [5.41, 5.74) is 1.66. The Morgan fingerprint density at radius 2 is 1.88 bits per heavy atom. The number of nitrogens with zero attached hydrogens (tertiary/aromatic N) is 1. The van der Waals surface area contributed by atoms with Crippen LogP contribution in [0.3, 0.4) is 0 Å². The molecule has 8 heteroatoms. The van der Waals surface area contributed by atoms with Gasteiger partial charge in [-0.1, -0.05) is 19.1 Å². The second kappa shape index (κ2) is 10.1. The minimum Gasteiger partial charge on any atom is -0.484 e. The molecular formula is C26H24N2O6. The number of para-hydroxylation sites is 1. The van der Waals surface area contributed by atoms with E-state index < -0.39 is 5.63 Å². The topological polar surface area (TPSA) is 102 Å². The molecule has 0 atom stereocenters. The molecule has 8 nitrogen and oxygen atoms in total. The van der Waals surface area contributed by atoms with E-state index >= 15 is 0 Å². The number of carbonyl (C=O) groups is 2. The fraction of sp³-hybridized carbons (Fsp3) is 0.192. The molecule has 4 aromatic rings. The maximum Gasteiger partial charge on any atom is 0.336 e. The highest BCUT2D eigenvalue weighted by molar-refractivity contribution is 6.04. The van der Waals surface area contributed by atoms with Gasteiger partial charge in [0.25, 0.3) is 11.8 Å². The molecule has 0 aliphatic carbocycles. The van der Waals surface area contributed by atoms with Crippen LogP contribution in [0.4, 0.5) is 5.69 Å². The Labute approximate surface area is 195 Å². The van der Waals surface area contributed by atoms with Crippen LogP contribution in [0.2, 0.25) is 0 Å². The van der Waals surface area contributed by atoms with E-state index in [4.69, 9.17) is 13.6 Å². The van der Waals surface area contributed by atoms with Gasteiger partial charge >= 0.3 is 5.63 Å². The molecule has 0 spiro atoms. The molecule has 0 saturated carbocycles. The number of likely N-dealkylation sites (N-methyl/N-ethyl adjacent to an activating group) is 1. The lowest BCUT2D eigenvalue weighted by Gasteiger charge is -2.20. The van der Waals surface area contributed by atoms with Crippen molar-refractivity contribution in [2.24, 2.45) is 0 Å². The molecule has 0 unspecified atom stereocenters. The molecule has 2 amide bonds. The molecular weight excluding hydrogens is 436 g/mol. The van der Waals surface area contributed by atoms with Gasteiger partial charge < -0.3 is 23.8 Å². The van der Waals surface area contributed by atoms with Crippen LogP contribution >= 0.6 is 0 Å². The predicted molar refractivity (Wildman–Crippen MR) is 127 cm³/mol. The number of carbonyl (C=O) groups excluding carboxylic acids is 2. The lowest BCUT2D eigenvalue weighted by Crippen LogP contribution is -2.33. The highest BCUT2D eigenvalue weighted by Crippen LogP contribution is 2.24. The van der Waals surface area contributed by atoms with Gasteiger partial charge in [-0.05, 0) is 48.4 Å². The van der Waals surface area contributed by atoms with Gasteiger partial charge in [0.2, 0.25) is 0 Å². The third-order valence-electron chi connectivity index (χ3n) is 5.43. The van der Waals surface area contributed by atoms with E-state index in [1.54, 1.807) is 61.6 Å². The summed E-state index contributed by atoms with van der Waals surface area (Å²) in [7, 11) is 1.58. The summed E-state index contributed by atoms with van der Waals surface area (Å²) in [4.78, 5) is 38.7. The number of nitrogens with one attached hydrogen (secondary N) is 1. The van der Waals surface area contributed by atoms with Crippen molar-refractivity contribution in [2.45, 2.75) is 19.9 Å². The molecule has 0 bridgehead atoms. The molecule has 174 valence electrons. The molecule has 0 radical (unpaired) electrons. The zero-order valence-corrected chi connectivity index (χ0v) is 18.9. The zero-order valence-electron chi connectivity index (χ0n) is 18.9. The predicted octanol–water partition coefficient (Wildman–Crippen LogP) is 3.92. The number of fused-ring (bicyclic) bond motifs is 1. The normalized spacial score (nSPS) is 10.8. The number of amides is 2. The Kier molecular flexibility index (Phi) is 6.77. The number of ether oxygens (including phenoxy) is 1. The van der Waals surface area contributed by atoms with Crippen LogP contribution in [0.15, 0.2) is 80.6 Å². The molecule has 34 heavy (non-hydrogen) atoms. The van der Waals surface area contributed by atoms with Crippen LogP contribution in [0.25, 0.3) is 11.0 Å². The van der Waals surface area contributed by atoms with Gasteiger partial charge in [-0.2, -0.15) is 0 Å². The number of benzene rings is 2. The first-order valence-corrected chi connectivity index (χ1v) is 10.8. The largest absolute Gasteiger partial charge is 0.484 e. The van der Waals surface area contributed by atoms with Gasteiger partial charge in [0.15, 0.2) is 6.61 Å². The maximum absolute atomic E-state index is 12.8. The average Bonchev–Trinajstić information content (AvgIpc) is 3.38. The van der Waals surface area contributed by atoms with E-state index in [2.05, 4.69) is 5.32 Å². The first-order chi connectivity index (χ1) is 16.5. The number of rotatable bonds is 8. The summed E-state index contributed by atoms with van der Waals surface area (Å²) >= 11 is 0. The lowest BCUT2D eigenvalue weighted by molar-refractivity contribution is -0.120.